The molecule has 78 valence electrons. The van der Waals surface area contributed by atoms with E-state index in [0.29, 0.717) is 16.6 Å². The Labute approximate surface area is 93.8 Å². The molecule has 1 aromatic rings. The van der Waals surface area contributed by atoms with Crippen molar-refractivity contribution in [2.75, 3.05) is 18.5 Å². The van der Waals surface area contributed by atoms with Gasteiger partial charge < -0.3 is 10.4 Å². The van der Waals surface area contributed by atoms with Crippen LogP contribution in [0, 0.1) is 5.92 Å². The number of halogens is 2. The van der Waals surface area contributed by atoms with Crippen LogP contribution >= 0.6 is 23.2 Å². The van der Waals surface area contributed by atoms with Gasteiger partial charge in [-0.2, -0.15) is 0 Å². The van der Waals surface area contributed by atoms with Crippen LogP contribution in [-0.4, -0.2) is 18.3 Å². The quantitative estimate of drug-likeness (QED) is 0.839. The molecule has 0 saturated heterocycles. The second-order valence-corrected chi connectivity index (χ2v) is 4.14. The first-order valence-corrected chi connectivity index (χ1v) is 5.19. The summed E-state index contributed by atoms with van der Waals surface area (Å²) in [5.74, 6) is 0.210. The molecule has 2 N–H and O–H groups in total. The Hall–Kier alpha value is -0.440. The van der Waals surface area contributed by atoms with Crippen LogP contribution in [0.1, 0.15) is 6.92 Å². The summed E-state index contributed by atoms with van der Waals surface area (Å²) in [4.78, 5) is 0. The molecule has 0 radical (unpaired) electrons. The molecule has 0 fully saturated rings. The van der Waals surface area contributed by atoms with Gasteiger partial charge in [-0.25, -0.2) is 0 Å². The Bertz CT molecular complexity index is 304. The van der Waals surface area contributed by atoms with E-state index in [0.717, 1.165) is 5.69 Å². The molecule has 0 aliphatic heterocycles. The van der Waals surface area contributed by atoms with Crippen LogP contribution in [-0.2, 0) is 0 Å². The lowest BCUT2D eigenvalue weighted by atomic mass is 10.2. The van der Waals surface area contributed by atoms with Gasteiger partial charge in [0.25, 0.3) is 0 Å². The van der Waals surface area contributed by atoms with Crippen molar-refractivity contribution in [3.8, 4) is 0 Å². The smallest absolute Gasteiger partial charge is 0.0652 e. The maximum atomic E-state index is 8.83. The summed E-state index contributed by atoms with van der Waals surface area (Å²) in [5, 5.41) is 13.2. The summed E-state index contributed by atoms with van der Waals surface area (Å²) in [5.41, 5.74) is 0.844. The van der Waals surface area contributed by atoms with Gasteiger partial charge >= 0.3 is 0 Å². The number of hydrogen-bond acceptors (Lipinski definition) is 2. The zero-order valence-electron chi connectivity index (χ0n) is 7.93. The molecule has 4 heteroatoms. The minimum absolute atomic E-state index is 0.165. The highest BCUT2D eigenvalue weighted by molar-refractivity contribution is 6.36. The van der Waals surface area contributed by atoms with Gasteiger partial charge in [0.2, 0.25) is 0 Å². The Kier molecular flexibility index (Phi) is 4.52. The van der Waals surface area contributed by atoms with Crippen molar-refractivity contribution in [3.63, 3.8) is 0 Å². The topological polar surface area (TPSA) is 32.3 Å². The maximum Gasteiger partial charge on any atom is 0.0652 e. The van der Waals surface area contributed by atoms with Gasteiger partial charge in [0.1, 0.15) is 0 Å². The lowest BCUT2D eigenvalue weighted by Crippen LogP contribution is -2.14. The second-order valence-electron chi connectivity index (χ2n) is 3.29. The number of aliphatic hydroxyl groups is 1. The second kappa shape index (κ2) is 5.44. The Morgan fingerprint density at radius 3 is 2.71 bits per heavy atom. The monoisotopic (exact) mass is 233 g/mol. The average Bonchev–Trinajstić information content (AvgIpc) is 2.16. The minimum Gasteiger partial charge on any atom is -0.396 e. The van der Waals surface area contributed by atoms with Crippen LogP contribution in [0.15, 0.2) is 18.2 Å². The number of benzene rings is 1. The van der Waals surface area contributed by atoms with Gasteiger partial charge in [-0.15, -0.1) is 0 Å². The van der Waals surface area contributed by atoms with Crippen LogP contribution in [0.3, 0.4) is 0 Å². The van der Waals surface area contributed by atoms with Crippen molar-refractivity contribution in [2.45, 2.75) is 6.92 Å². The van der Waals surface area contributed by atoms with E-state index in [1.807, 2.05) is 13.0 Å². The lowest BCUT2D eigenvalue weighted by molar-refractivity contribution is 0.244. The normalized spacial score (nSPS) is 12.6. The average molecular weight is 234 g/mol. The van der Waals surface area contributed by atoms with Gasteiger partial charge in [-0.1, -0.05) is 30.1 Å². The largest absolute Gasteiger partial charge is 0.396 e. The molecular formula is C10H13Cl2NO. The molecule has 0 saturated carbocycles. The fourth-order valence-corrected chi connectivity index (χ4v) is 1.46. The van der Waals surface area contributed by atoms with Crippen LogP contribution in [0.25, 0.3) is 0 Å². The van der Waals surface area contributed by atoms with Crippen molar-refractivity contribution in [1.29, 1.82) is 0 Å². The van der Waals surface area contributed by atoms with Crippen LogP contribution < -0.4 is 5.32 Å². The third-order valence-corrected chi connectivity index (χ3v) is 2.43. The highest BCUT2D eigenvalue weighted by Crippen LogP contribution is 2.25. The predicted molar refractivity (Wildman–Crippen MR) is 61.2 cm³/mol. The highest BCUT2D eigenvalue weighted by Gasteiger charge is 2.03. The number of hydrogen-bond donors (Lipinski definition) is 2. The van der Waals surface area contributed by atoms with E-state index in [4.69, 9.17) is 28.3 Å². The predicted octanol–water partition coefficient (Wildman–Crippen LogP) is 3.03. The molecular weight excluding hydrogens is 221 g/mol. The molecule has 1 unspecified atom stereocenters. The van der Waals surface area contributed by atoms with E-state index in [2.05, 4.69) is 5.32 Å². The fraction of sp³-hybridized carbons (Fsp3) is 0.400. The zero-order chi connectivity index (χ0) is 10.6. The number of nitrogens with one attached hydrogen (secondary N) is 1. The Balaban J connectivity index is 2.59. The summed E-state index contributed by atoms with van der Waals surface area (Å²) in [6.07, 6.45) is 0. The molecule has 0 aromatic heterocycles. The lowest BCUT2D eigenvalue weighted by Gasteiger charge is -2.12. The van der Waals surface area contributed by atoms with E-state index in [-0.39, 0.29) is 12.5 Å². The molecule has 14 heavy (non-hydrogen) atoms. The fourth-order valence-electron chi connectivity index (χ4n) is 0.982. The van der Waals surface area contributed by atoms with Crippen molar-refractivity contribution in [3.05, 3.63) is 28.2 Å². The van der Waals surface area contributed by atoms with Gasteiger partial charge in [-0.3, -0.25) is 0 Å². The molecule has 0 spiro atoms. The number of aliphatic hydroxyl groups excluding tert-OH is 1. The van der Waals surface area contributed by atoms with Gasteiger partial charge in [0.15, 0.2) is 0 Å². The molecule has 1 atom stereocenters. The van der Waals surface area contributed by atoms with Crippen molar-refractivity contribution in [1.82, 2.24) is 0 Å². The van der Waals surface area contributed by atoms with E-state index in [1.165, 1.54) is 0 Å². The molecule has 1 rings (SSSR count). The van der Waals surface area contributed by atoms with Gasteiger partial charge in [0.05, 0.1) is 10.7 Å². The molecule has 0 aliphatic rings. The third kappa shape index (κ3) is 3.37. The standard InChI is InChI=1S/C10H13Cl2NO/c1-7(6-14)5-13-10-3-2-8(11)4-9(10)12/h2-4,7,13-14H,5-6H2,1H3. The molecule has 0 heterocycles. The molecule has 0 aliphatic carbocycles. The van der Waals surface area contributed by atoms with E-state index >= 15 is 0 Å². The van der Waals surface area contributed by atoms with Crippen molar-refractivity contribution < 1.29 is 5.11 Å². The number of rotatable bonds is 4. The van der Waals surface area contributed by atoms with E-state index in [9.17, 15) is 0 Å². The van der Waals surface area contributed by atoms with E-state index < -0.39 is 0 Å². The van der Waals surface area contributed by atoms with Crippen LogP contribution in [0.2, 0.25) is 10.0 Å². The molecule has 1 aromatic carbocycles. The van der Waals surface area contributed by atoms with Crippen LogP contribution in [0.4, 0.5) is 5.69 Å². The summed E-state index contributed by atoms with van der Waals surface area (Å²) in [7, 11) is 0. The molecule has 0 bridgehead atoms. The van der Waals surface area contributed by atoms with Crippen molar-refractivity contribution in [2.24, 2.45) is 5.92 Å². The summed E-state index contributed by atoms with van der Waals surface area (Å²) >= 11 is 11.7. The summed E-state index contributed by atoms with van der Waals surface area (Å²) in [6.45, 7) is 2.81. The Morgan fingerprint density at radius 1 is 1.43 bits per heavy atom. The first-order chi connectivity index (χ1) is 6.63. The maximum absolute atomic E-state index is 8.83. The Morgan fingerprint density at radius 2 is 2.14 bits per heavy atom. The van der Waals surface area contributed by atoms with Crippen LogP contribution in [0.5, 0.6) is 0 Å². The zero-order valence-corrected chi connectivity index (χ0v) is 9.44. The van der Waals surface area contributed by atoms with Gasteiger partial charge in [0, 0.05) is 18.2 Å². The van der Waals surface area contributed by atoms with E-state index in [1.54, 1.807) is 12.1 Å². The third-order valence-electron chi connectivity index (χ3n) is 1.88. The SMILES string of the molecule is CC(CO)CNc1ccc(Cl)cc1Cl. The first kappa shape index (κ1) is 11.6. The highest BCUT2D eigenvalue weighted by atomic mass is 35.5. The molecule has 2 nitrogen and oxygen atoms in total. The number of anilines is 1. The minimum atomic E-state index is 0.165. The van der Waals surface area contributed by atoms with Crippen molar-refractivity contribution >= 4 is 28.9 Å². The summed E-state index contributed by atoms with van der Waals surface area (Å²) in [6, 6.07) is 5.29. The van der Waals surface area contributed by atoms with Gasteiger partial charge in [-0.05, 0) is 24.1 Å². The molecule has 0 amide bonds. The summed E-state index contributed by atoms with van der Waals surface area (Å²) < 4.78 is 0. The first-order valence-electron chi connectivity index (χ1n) is 4.43.